The number of phosphoric acid groups is 2. The number of ether oxygens (including phenoxy) is 4. The van der Waals surface area contributed by atoms with Gasteiger partial charge in [0.15, 0.2) is 12.2 Å². The summed E-state index contributed by atoms with van der Waals surface area (Å²) in [6.45, 7) is 14.0. The number of rotatable bonds is 67. The summed E-state index contributed by atoms with van der Waals surface area (Å²) < 4.78 is 68.2. The zero-order valence-corrected chi connectivity index (χ0v) is 59.8. The van der Waals surface area contributed by atoms with Crippen molar-refractivity contribution in [3.63, 3.8) is 0 Å². The van der Waals surface area contributed by atoms with Crippen LogP contribution in [0.1, 0.15) is 344 Å². The van der Waals surface area contributed by atoms with E-state index in [1.807, 2.05) is 0 Å². The van der Waals surface area contributed by atoms with E-state index >= 15 is 0 Å². The Morgan fingerprint density at radius 3 is 0.697 bits per heavy atom. The van der Waals surface area contributed by atoms with Crippen molar-refractivity contribution in [3.05, 3.63) is 0 Å². The van der Waals surface area contributed by atoms with Crippen molar-refractivity contribution in [2.24, 2.45) is 23.7 Å². The van der Waals surface area contributed by atoms with Crippen LogP contribution in [0.4, 0.5) is 0 Å². The third-order valence-electron chi connectivity index (χ3n) is 16.1. The molecular formula is C70H136O17P2. The molecule has 5 atom stereocenters. The lowest BCUT2D eigenvalue weighted by atomic mass is 10.0. The van der Waals surface area contributed by atoms with Crippen molar-refractivity contribution in [2.45, 2.75) is 363 Å². The highest BCUT2D eigenvalue weighted by Gasteiger charge is 2.30. The van der Waals surface area contributed by atoms with E-state index in [2.05, 4.69) is 55.4 Å². The molecule has 17 nitrogen and oxygen atoms in total. The second-order valence-electron chi connectivity index (χ2n) is 27.2. The lowest BCUT2D eigenvalue weighted by Crippen LogP contribution is -2.30. The topological polar surface area (TPSA) is 237 Å². The van der Waals surface area contributed by atoms with E-state index in [0.717, 1.165) is 108 Å². The maximum absolute atomic E-state index is 13.0. The minimum Gasteiger partial charge on any atom is -0.462 e. The molecule has 0 saturated carbocycles. The van der Waals surface area contributed by atoms with Crippen LogP contribution in [0.25, 0.3) is 0 Å². The number of hydrogen-bond donors (Lipinski definition) is 3. The van der Waals surface area contributed by atoms with Gasteiger partial charge in [0.25, 0.3) is 0 Å². The van der Waals surface area contributed by atoms with Crippen LogP contribution in [-0.2, 0) is 65.4 Å². The van der Waals surface area contributed by atoms with Crippen LogP contribution in [0.3, 0.4) is 0 Å². The average molecular weight is 1310 g/mol. The number of unbranched alkanes of at least 4 members (excludes halogenated alkanes) is 33. The lowest BCUT2D eigenvalue weighted by molar-refractivity contribution is -0.161. The number of esters is 4. The van der Waals surface area contributed by atoms with Crippen LogP contribution in [-0.4, -0.2) is 96.7 Å². The Labute approximate surface area is 543 Å². The molecule has 2 unspecified atom stereocenters. The monoisotopic (exact) mass is 1310 g/mol. The summed E-state index contributed by atoms with van der Waals surface area (Å²) in [5.74, 6) is 0.778. The van der Waals surface area contributed by atoms with Gasteiger partial charge >= 0.3 is 39.5 Å². The molecule has 0 heterocycles. The third-order valence-corrected chi connectivity index (χ3v) is 18.0. The molecule has 0 aromatic rings. The molecule has 528 valence electrons. The summed E-state index contributed by atoms with van der Waals surface area (Å²) in [7, 11) is -9.90. The average Bonchev–Trinajstić information content (AvgIpc) is 3.57. The smallest absolute Gasteiger partial charge is 0.462 e. The van der Waals surface area contributed by atoms with Crippen molar-refractivity contribution in [2.75, 3.05) is 39.6 Å². The van der Waals surface area contributed by atoms with Crippen molar-refractivity contribution in [3.8, 4) is 0 Å². The molecule has 0 rings (SSSR count). The zero-order valence-electron chi connectivity index (χ0n) is 58.1. The van der Waals surface area contributed by atoms with E-state index < -0.39 is 97.5 Å². The van der Waals surface area contributed by atoms with E-state index in [9.17, 15) is 43.2 Å². The molecule has 19 heteroatoms. The highest BCUT2D eigenvalue weighted by Crippen LogP contribution is 2.45. The largest absolute Gasteiger partial charge is 0.472 e. The van der Waals surface area contributed by atoms with Crippen LogP contribution in [0.2, 0.25) is 0 Å². The minimum atomic E-state index is -4.95. The number of aliphatic hydroxyl groups is 1. The summed E-state index contributed by atoms with van der Waals surface area (Å²) in [4.78, 5) is 72.4. The summed E-state index contributed by atoms with van der Waals surface area (Å²) in [5, 5.41) is 10.6. The number of carbonyl (C=O) groups is 4. The molecule has 0 aliphatic rings. The SMILES string of the molecule is CC(C)CCCCCCCCCCCCCCCCC(=O)OC[C@H](COP(=O)(O)OC[C@@H](O)COP(=O)(O)OC[C@@H](COC(=O)CCCCCCCCC(C)C)OC(=O)CCCCCCCCCCCCCC(C)C)OC(=O)CCCCCCCCC(C)C. The molecule has 0 radical (unpaired) electrons. The van der Waals surface area contributed by atoms with Gasteiger partial charge in [-0.3, -0.25) is 37.3 Å². The molecule has 0 amide bonds. The van der Waals surface area contributed by atoms with Crippen molar-refractivity contribution in [1.29, 1.82) is 0 Å². The Bertz CT molecular complexity index is 1760. The highest BCUT2D eigenvalue weighted by molar-refractivity contribution is 7.47. The number of aliphatic hydroxyl groups excluding tert-OH is 1. The second-order valence-corrected chi connectivity index (χ2v) is 30.1. The maximum Gasteiger partial charge on any atom is 0.472 e. The van der Waals surface area contributed by atoms with Gasteiger partial charge in [0.05, 0.1) is 26.4 Å². The van der Waals surface area contributed by atoms with Crippen molar-refractivity contribution >= 4 is 39.5 Å². The molecule has 0 aliphatic heterocycles. The number of carbonyl (C=O) groups excluding carboxylic acids is 4. The van der Waals surface area contributed by atoms with Gasteiger partial charge < -0.3 is 33.8 Å². The summed E-state index contributed by atoms with van der Waals surface area (Å²) in [6.07, 6.45) is 42.0. The van der Waals surface area contributed by atoms with Gasteiger partial charge in [-0.25, -0.2) is 9.13 Å². The Hall–Kier alpha value is -1.94. The van der Waals surface area contributed by atoms with Crippen molar-refractivity contribution < 1.29 is 80.2 Å². The van der Waals surface area contributed by atoms with Gasteiger partial charge in [0.1, 0.15) is 19.3 Å². The molecule has 0 aromatic heterocycles. The molecule has 0 aromatic carbocycles. The van der Waals surface area contributed by atoms with Crippen LogP contribution in [0, 0.1) is 23.7 Å². The van der Waals surface area contributed by atoms with Gasteiger partial charge in [0, 0.05) is 25.7 Å². The first-order valence-corrected chi connectivity index (χ1v) is 39.2. The first-order valence-electron chi connectivity index (χ1n) is 36.2. The molecule has 0 spiro atoms. The normalized spacial score (nSPS) is 14.3. The Morgan fingerprint density at radius 1 is 0.281 bits per heavy atom. The second kappa shape index (κ2) is 59.8. The fraction of sp³-hybridized carbons (Fsp3) is 0.943. The fourth-order valence-electron chi connectivity index (χ4n) is 10.5. The quantitative estimate of drug-likeness (QED) is 0.0222. The predicted octanol–water partition coefficient (Wildman–Crippen LogP) is 19.7. The number of hydrogen-bond acceptors (Lipinski definition) is 15. The third kappa shape index (κ3) is 64.6. The van der Waals surface area contributed by atoms with Crippen molar-refractivity contribution in [1.82, 2.24) is 0 Å². The maximum atomic E-state index is 13.0. The zero-order chi connectivity index (χ0) is 66.1. The van der Waals surface area contributed by atoms with Crippen LogP contribution >= 0.6 is 15.6 Å². The summed E-state index contributed by atoms with van der Waals surface area (Å²) in [6, 6.07) is 0. The number of phosphoric ester groups is 2. The Balaban J connectivity index is 5.18. The molecule has 0 fully saturated rings. The molecule has 0 saturated heterocycles. The summed E-state index contributed by atoms with van der Waals surface area (Å²) in [5.41, 5.74) is 0. The van der Waals surface area contributed by atoms with Gasteiger partial charge in [-0.05, 0) is 49.4 Å². The van der Waals surface area contributed by atoms with Crippen LogP contribution < -0.4 is 0 Å². The van der Waals surface area contributed by atoms with E-state index in [1.54, 1.807) is 0 Å². The fourth-order valence-corrected chi connectivity index (χ4v) is 12.1. The first-order chi connectivity index (χ1) is 42.6. The predicted molar refractivity (Wildman–Crippen MR) is 358 cm³/mol. The molecule has 0 aliphatic carbocycles. The molecule has 3 N–H and O–H groups in total. The molecule has 0 bridgehead atoms. The lowest BCUT2D eigenvalue weighted by Gasteiger charge is -2.21. The van der Waals surface area contributed by atoms with E-state index in [0.29, 0.717) is 37.5 Å². The van der Waals surface area contributed by atoms with E-state index in [-0.39, 0.29) is 25.7 Å². The molecular weight excluding hydrogens is 1170 g/mol. The van der Waals surface area contributed by atoms with Crippen LogP contribution in [0.15, 0.2) is 0 Å². The first kappa shape index (κ1) is 87.1. The van der Waals surface area contributed by atoms with E-state index in [1.165, 1.54) is 141 Å². The Morgan fingerprint density at radius 2 is 0.472 bits per heavy atom. The summed E-state index contributed by atoms with van der Waals surface area (Å²) >= 11 is 0. The van der Waals surface area contributed by atoms with E-state index in [4.69, 9.17) is 37.0 Å². The molecule has 89 heavy (non-hydrogen) atoms. The highest BCUT2D eigenvalue weighted by atomic mass is 31.2. The Kier molecular flexibility index (Phi) is 58.5. The van der Waals surface area contributed by atoms with Gasteiger partial charge in [-0.15, -0.1) is 0 Å². The van der Waals surface area contributed by atoms with Gasteiger partial charge in [0.2, 0.25) is 0 Å². The minimum absolute atomic E-state index is 0.102. The standard InChI is InChI=1S/C70H136O17P2/c1-60(2)46-38-30-22-18-14-11-9-10-12-16-20-24-34-42-50-67(72)80-56-66(87-70(75)53-45-37-29-27-33-41-49-63(7)8)59-85-89(78,79)83-55-64(71)54-82-88(76,77)84-58-65(57-81-68(73)51-43-35-28-26-32-40-48-62(5)6)86-69(74)52-44-36-25-21-17-13-15-19-23-31-39-47-61(3)4/h60-66,71H,9-59H2,1-8H3,(H,76,77)(H,78,79)/t64-,65+,66+/m0/s1. The van der Waals surface area contributed by atoms with Crippen LogP contribution in [0.5, 0.6) is 0 Å². The van der Waals surface area contributed by atoms with Gasteiger partial charge in [-0.2, -0.15) is 0 Å². The van der Waals surface area contributed by atoms with Gasteiger partial charge in [-0.1, -0.05) is 293 Å².